The highest BCUT2D eigenvalue weighted by atomic mass is 16.5. The molecule has 0 aliphatic heterocycles. The first kappa shape index (κ1) is 16.7. The molecule has 0 N–H and O–H groups in total. The summed E-state index contributed by atoms with van der Waals surface area (Å²) in [5, 5.41) is 9.45. The Balaban J connectivity index is 2.43. The number of benzene rings is 2. The number of rotatable bonds is 4. The van der Waals surface area contributed by atoms with E-state index >= 15 is 0 Å². The third-order valence-electron chi connectivity index (χ3n) is 3.77. The minimum atomic E-state index is -0.479. The van der Waals surface area contributed by atoms with Gasteiger partial charge in [-0.1, -0.05) is 18.2 Å². The molecule has 1 atom stereocenters. The predicted molar refractivity (Wildman–Crippen MR) is 89.4 cm³/mol. The smallest absolute Gasteiger partial charge is 0.343 e. The third-order valence-corrected chi connectivity index (χ3v) is 3.77. The minimum absolute atomic E-state index is 0.425. The van der Waals surface area contributed by atoms with Gasteiger partial charge in [-0.25, -0.2) is 4.79 Å². The van der Waals surface area contributed by atoms with E-state index in [2.05, 4.69) is 6.07 Å². The molecule has 1 unspecified atom stereocenters. The molecule has 0 saturated carbocycles. The molecule has 0 spiro atoms. The average molecular weight is 308 g/mol. The van der Waals surface area contributed by atoms with Gasteiger partial charge < -0.3 is 4.74 Å². The van der Waals surface area contributed by atoms with Crippen LogP contribution in [0.25, 0.3) is 0 Å². The zero-order valence-electron chi connectivity index (χ0n) is 13.8. The second-order valence-electron chi connectivity index (χ2n) is 5.73. The van der Waals surface area contributed by atoms with E-state index < -0.39 is 12.0 Å². The van der Waals surface area contributed by atoms with Gasteiger partial charge >= 0.3 is 5.97 Å². The molecule has 4 heteroatoms. The van der Waals surface area contributed by atoms with E-state index in [1.54, 1.807) is 29.2 Å². The maximum atomic E-state index is 12.3. The van der Waals surface area contributed by atoms with Crippen molar-refractivity contribution in [2.75, 3.05) is 14.1 Å². The molecular formula is C19H20N2O2. The van der Waals surface area contributed by atoms with Crippen molar-refractivity contribution in [1.29, 1.82) is 5.26 Å². The van der Waals surface area contributed by atoms with Crippen molar-refractivity contribution >= 4 is 5.97 Å². The van der Waals surface area contributed by atoms with Gasteiger partial charge in [-0.2, -0.15) is 5.26 Å². The Kier molecular flexibility index (Phi) is 5.15. The molecule has 0 radical (unpaired) electrons. The lowest BCUT2D eigenvalue weighted by molar-refractivity contribution is 0.0731. The fourth-order valence-corrected chi connectivity index (χ4v) is 2.31. The van der Waals surface area contributed by atoms with Gasteiger partial charge in [0.2, 0.25) is 0 Å². The molecule has 4 nitrogen and oxygen atoms in total. The first-order valence-electron chi connectivity index (χ1n) is 7.38. The molecule has 23 heavy (non-hydrogen) atoms. The maximum Gasteiger partial charge on any atom is 0.343 e. The normalized spacial score (nSPS) is 11.8. The lowest BCUT2D eigenvalue weighted by atomic mass is 9.99. The molecule has 0 aromatic heterocycles. The Morgan fingerprint density at radius 1 is 1.13 bits per heavy atom. The minimum Gasteiger partial charge on any atom is -0.423 e. The maximum absolute atomic E-state index is 12.3. The summed E-state index contributed by atoms with van der Waals surface area (Å²) in [6.45, 7) is 3.93. The number of carbonyl (C=O) groups is 1. The van der Waals surface area contributed by atoms with E-state index in [-0.39, 0.29) is 0 Å². The number of hydrogen-bond acceptors (Lipinski definition) is 4. The first-order chi connectivity index (χ1) is 10.9. The zero-order valence-corrected chi connectivity index (χ0v) is 13.8. The van der Waals surface area contributed by atoms with E-state index in [0.717, 1.165) is 11.1 Å². The largest absolute Gasteiger partial charge is 0.423 e. The van der Waals surface area contributed by atoms with Gasteiger partial charge in [0.1, 0.15) is 11.8 Å². The van der Waals surface area contributed by atoms with E-state index in [0.29, 0.717) is 16.9 Å². The number of esters is 1. The molecule has 0 bridgehead atoms. The second-order valence-corrected chi connectivity index (χ2v) is 5.73. The second kappa shape index (κ2) is 7.08. The fourth-order valence-electron chi connectivity index (χ4n) is 2.31. The van der Waals surface area contributed by atoms with Crippen LogP contribution in [0.15, 0.2) is 42.5 Å². The zero-order chi connectivity index (χ0) is 17.0. The lowest BCUT2D eigenvalue weighted by Crippen LogP contribution is -2.20. The first-order valence-corrected chi connectivity index (χ1v) is 7.38. The van der Waals surface area contributed by atoms with Gasteiger partial charge in [0.25, 0.3) is 0 Å². The molecule has 0 aliphatic carbocycles. The Labute approximate surface area is 136 Å². The molecule has 118 valence electrons. The quantitative estimate of drug-likeness (QED) is 0.639. The van der Waals surface area contributed by atoms with Crippen LogP contribution in [0.4, 0.5) is 0 Å². The van der Waals surface area contributed by atoms with Crippen LogP contribution >= 0.6 is 0 Å². The number of hydrogen-bond donors (Lipinski definition) is 0. The highest BCUT2D eigenvalue weighted by Gasteiger charge is 2.21. The summed E-state index contributed by atoms with van der Waals surface area (Å²) in [6.07, 6.45) is 0. The number of nitriles is 1. The van der Waals surface area contributed by atoms with Crippen molar-refractivity contribution in [3.8, 4) is 11.8 Å². The molecule has 2 aromatic carbocycles. The highest BCUT2D eigenvalue weighted by molar-refractivity contribution is 5.91. The molecule has 0 fully saturated rings. The van der Waals surface area contributed by atoms with Crippen LogP contribution in [-0.4, -0.2) is 25.0 Å². The van der Waals surface area contributed by atoms with Gasteiger partial charge in [-0.15, -0.1) is 0 Å². The molecule has 2 rings (SSSR count). The molecule has 2 aromatic rings. The topological polar surface area (TPSA) is 53.3 Å². The van der Waals surface area contributed by atoms with Gasteiger partial charge in [-0.05, 0) is 63.3 Å². The summed E-state index contributed by atoms with van der Waals surface area (Å²) in [6, 6.07) is 14.3. The molecule has 0 amide bonds. The van der Waals surface area contributed by atoms with E-state index in [1.165, 1.54) is 0 Å². The Morgan fingerprint density at radius 3 is 2.30 bits per heavy atom. The van der Waals surface area contributed by atoms with E-state index in [1.807, 2.05) is 46.1 Å². The summed E-state index contributed by atoms with van der Waals surface area (Å²) >= 11 is 0. The van der Waals surface area contributed by atoms with Gasteiger partial charge in [0.05, 0.1) is 11.6 Å². The molecular weight excluding hydrogens is 288 g/mol. The van der Waals surface area contributed by atoms with Gasteiger partial charge in [0, 0.05) is 5.56 Å². The predicted octanol–water partition coefficient (Wildman–Crippen LogP) is 3.65. The van der Waals surface area contributed by atoms with Crippen molar-refractivity contribution in [1.82, 2.24) is 4.90 Å². The van der Waals surface area contributed by atoms with Gasteiger partial charge in [0.15, 0.2) is 0 Å². The van der Waals surface area contributed by atoms with E-state index in [9.17, 15) is 10.1 Å². The highest BCUT2D eigenvalue weighted by Crippen LogP contribution is 2.31. The monoisotopic (exact) mass is 308 g/mol. The van der Waals surface area contributed by atoms with Crippen LogP contribution in [0, 0.1) is 25.2 Å². The van der Waals surface area contributed by atoms with Crippen LogP contribution in [0.3, 0.4) is 0 Å². The summed E-state index contributed by atoms with van der Waals surface area (Å²) in [5.74, 6) is 0.00718. The van der Waals surface area contributed by atoms with Crippen LogP contribution in [0.1, 0.15) is 33.1 Å². The van der Waals surface area contributed by atoms with Crippen molar-refractivity contribution in [3.63, 3.8) is 0 Å². The Morgan fingerprint density at radius 2 is 1.74 bits per heavy atom. The number of ether oxygens (including phenoxy) is 1. The van der Waals surface area contributed by atoms with E-state index in [4.69, 9.17) is 4.74 Å². The average Bonchev–Trinajstić information content (AvgIpc) is 2.53. The summed E-state index contributed by atoms with van der Waals surface area (Å²) < 4.78 is 5.58. The van der Waals surface area contributed by atoms with Crippen molar-refractivity contribution in [2.24, 2.45) is 0 Å². The standard InChI is InChI=1S/C19H20N2O2/c1-13-10-16(17(12-20)21(3)4)18(11-14(13)2)23-19(22)15-8-6-5-7-9-15/h5-11,17H,1-4H3. The summed E-state index contributed by atoms with van der Waals surface area (Å²) in [4.78, 5) is 14.1. The Hall–Kier alpha value is -2.64. The van der Waals surface area contributed by atoms with Crippen LogP contribution in [0.5, 0.6) is 5.75 Å². The summed E-state index contributed by atoms with van der Waals surface area (Å²) in [7, 11) is 3.65. The molecule has 0 saturated heterocycles. The van der Waals surface area contributed by atoms with Crippen LogP contribution < -0.4 is 4.74 Å². The number of carbonyl (C=O) groups excluding carboxylic acids is 1. The van der Waals surface area contributed by atoms with Gasteiger partial charge in [-0.3, -0.25) is 4.90 Å². The van der Waals surface area contributed by atoms with Crippen molar-refractivity contribution < 1.29 is 9.53 Å². The fraction of sp³-hybridized carbons (Fsp3) is 0.263. The SMILES string of the molecule is Cc1cc(OC(=O)c2ccccc2)c(C(C#N)N(C)C)cc1C. The van der Waals surface area contributed by atoms with Crippen molar-refractivity contribution in [3.05, 3.63) is 64.7 Å². The lowest BCUT2D eigenvalue weighted by Gasteiger charge is -2.21. The molecule has 0 aliphatic rings. The number of nitrogens with zero attached hydrogens (tertiary/aromatic N) is 2. The third kappa shape index (κ3) is 3.77. The van der Waals surface area contributed by atoms with Crippen molar-refractivity contribution in [2.45, 2.75) is 19.9 Å². The van der Waals surface area contributed by atoms with Crippen LogP contribution in [-0.2, 0) is 0 Å². The number of aryl methyl sites for hydroxylation is 2. The van der Waals surface area contributed by atoms with Crippen LogP contribution in [0.2, 0.25) is 0 Å². The Bertz CT molecular complexity index is 746. The summed E-state index contributed by atoms with van der Waals surface area (Å²) in [5.41, 5.74) is 3.25. The molecule has 0 heterocycles.